The summed E-state index contributed by atoms with van der Waals surface area (Å²) in [6, 6.07) is 17.0. The van der Waals surface area contributed by atoms with Gasteiger partial charge < -0.3 is 14.4 Å². The Labute approximate surface area is 154 Å². The average Bonchev–Trinajstić information content (AvgIpc) is 3.12. The molecule has 4 rings (SSSR count). The minimum absolute atomic E-state index is 0.0342. The van der Waals surface area contributed by atoms with Crippen LogP contribution < -0.4 is 0 Å². The summed E-state index contributed by atoms with van der Waals surface area (Å²) in [7, 11) is 0. The fraction of sp³-hybridized carbons (Fsp3) is 0.409. The third-order valence-corrected chi connectivity index (χ3v) is 5.33. The minimum Gasteiger partial charge on any atom is -0.376 e. The highest BCUT2D eigenvalue weighted by Gasteiger charge is 2.35. The molecule has 136 valence electrons. The molecule has 0 bridgehead atoms. The molecule has 4 heteroatoms. The zero-order valence-electron chi connectivity index (χ0n) is 15.2. The molecule has 1 aliphatic heterocycles. The Hall–Kier alpha value is -2.17. The van der Waals surface area contributed by atoms with E-state index in [-0.39, 0.29) is 11.9 Å². The zero-order valence-corrected chi connectivity index (χ0v) is 15.2. The van der Waals surface area contributed by atoms with Crippen molar-refractivity contribution in [2.45, 2.75) is 38.5 Å². The first-order valence-electron chi connectivity index (χ1n) is 9.35. The molecule has 2 aromatic carbocycles. The van der Waals surface area contributed by atoms with Gasteiger partial charge in [0.2, 0.25) is 0 Å². The third kappa shape index (κ3) is 3.53. The Bertz CT molecular complexity index is 765. The van der Waals surface area contributed by atoms with E-state index in [9.17, 15) is 4.79 Å². The predicted octanol–water partition coefficient (Wildman–Crippen LogP) is 3.43. The lowest BCUT2D eigenvalue weighted by atomic mass is 10.0. The number of fused-ring (bicyclic) bond motifs is 1. The fourth-order valence-electron chi connectivity index (χ4n) is 3.91. The van der Waals surface area contributed by atoms with Crippen molar-refractivity contribution in [3.63, 3.8) is 0 Å². The van der Waals surface area contributed by atoms with E-state index in [2.05, 4.69) is 55.5 Å². The summed E-state index contributed by atoms with van der Waals surface area (Å²) in [5, 5.41) is 0. The number of amides is 1. The highest BCUT2D eigenvalue weighted by Crippen LogP contribution is 2.37. The Morgan fingerprint density at radius 1 is 1.12 bits per heavy atom. The van der Waals surface area contributed by atoms with Gasteiger partial charge in [0, 0.05) is 6.54 Å². The van der Waals surface area contributed by atoms with E-state index in [0.29, 0.717) is 26.4 Å². The van der Waals surface area contributed by atoms with E-state index in [1.54, 1.807) is 0 Å². The summed E-state index contributed by atoms with van der Waals surface area (Å²) in [5.41, 5.74) is 4.98. The number of hydrogen-bond donors (Lipinski definition) is 0. The van der Waals surface area contributed by atoms with Crippen LogP contribution in [-0.4, -0.2) is 36.7 Å². The van der Waals surface area contributed by atoms with Crippen molar-refractivity contribution in [3.8, 4) is 0 Å². The molecule has 26 heavy (non-hydrogen) atoms. The summed E-state index contributed by atoms with van der Waals surface area (Å²) < 4.78 is 11.2. The van der Waals surface area contributed by atoms with Crippen molar-refractivity contribution >= 4 is 5.91 Å². The van der Waals surface area contributed by atoms with Crippen molar-refractivity contribution in [1.82, 2.24) is 4.90 Å². The number of ether oxygens (including phenoxy) is 2. The second-order valence-corrected chi connectivity index (χ2v) is 7.14. The first-order valence-corrected chi connectivity index (χ1v) is 9.35. The van der Waals surface area contributed by atoms with Crippen LogP contribution in [0.15, 0.2) is 48.5 Å². The summed E-state index contributed by atoms with van der Waals surface area (Å²) in [6.07, 6.45) is 1.48. The van der Waals surface area contributed by atoms with Crippen LogP contribution >= 0.6 is 0 Å². The topological polar surface area (TPSA) is 38.8 Å². The van der Waals surface area contributed by atoms with E-state index in [0.717, 1.165) is 18.4 Å². The summed E-state index contributed by atoms with van der Waals surface area (Å²) in [5.74, 6) is 0.0342. The van der Waals surface area contributed by atoms with Crippen molar-refractivity contribution in [2.75, 3.05) is 19.8 Å². The molecule has 0 saturated carbocycles. The molecule has 0 radical (unpaired) electrons. The standard InChI is InChI=1S/C22H25NO3/c1-16-6-8-17(9-7-16)14-23(22(24)21-15-25-12-13-26-21)20-11-10-18-4-2-3-5-19(18)20/h2-9,20-21H,10-15H2,1H3/t20-,21+/m0/s1. The normalized spacial score (nSPS) is 22.0. The van der Waals surface area contributed by atoms with Gasteiger partial charge in [0.05, 0.1) is 25.9 Å². The van der Waals surface area contributed by atoms with Crippen LogP contribution in [0, 0.1) is 6.92 Å². The molecule has 0 aromatic heterocycles. The molecule has 0 unspecified atom stereocenters. The highest BCUT2D eigenvalue weighted by molar-refractivity contribution is 5.82. The van der Waals surface area contributed by atoms with Gasteiger partial charge in [0.25, 0.3) is 5.91 Å². The van der Waals surface area contributed by atoms with Gasteiger partial charge in [-0.2, -0.15) is 0 Å². The van der Waals surface area contributed by atoms with Crippen LogP contribution in [0.3, 0.4) is 0 Å². The van der Waals surface area contributed by atoms with E-state index < -0.39 is 6.10 Å². The minimum atomic E-state index is -0.498. The maximum Gasteiger partial charge on any atom is 0.254 e. The lowest BCUT2D eigenvalue weighted by Crippen LogP contribution is -2.46. The number of benzene rings is 2. The first-order chi connectivity index (χ1) is 12.7. The molecule has 0 spiro atoms. The van der Waals surface area contributed by atoms with Crippen LogP contribution in [0.1, 0.15) is 34.7 Å². The number of hydrogen-bond acceptors (Lipinski definition) is 3. The molecular weight excluding hydrogens is 326 g/mol. The third-order valence-electron chi connectivity index (χ3n) is 5.33. The molecule has 2 atom stereocenters. The molecule has 4 nitrogen and oxygen atoms in total. The number of rotatable bonds is 4. The highest BCUT2D eigenvalue weighted by atomic mass is 16.6. The maximum atomic E-state index is 13.3. The van der Waals surface area contributed by atoms with E-state index in [4.69, 9.17) is 9.47 Å². The maximum absolute atomic E-state index is 13.3. The second kappa shape index (κ2) is 7.60. The van der Waals surface area contributed by atoms with Crippen molar-refractivity contribution in [1.29, 1.82) is 0 Å². The lowest BCUT2D eigenvalue weighted by Gasteiger charge is -2.34. The van der Waals surface area contributed by atoms with Crippen LogP contribution in [0.2, 0.25) is 0 Å². The molecule has 2 aliphatic rings. The number of carbonyl (C=O) groups excluding carboxylic acids is 1. The fourth-order valence-corrected chi connectivity index (χ4v) is 3.91. The Morgan fingerprint density at radius 2 is 1.92 bits per heavy atom. The summed E-state index contributed by atoms with van der Waals surface area (Å²) in [4.78, 5) is 15.3. The van der Waals surface area contributed by atoms with Crippen LogP contribution in [0.4, 0.5) is 0 Å². The smallest absolute Gasteiger partial charge is 0.254 e. The van der Waals surface area contributed by atoms with Gasteiger partial charge in [-0.25, -0.2) is 0 Å². The first kappa shape index (κ1) is 17.3. The molecule has 1 saturated heterocycles. The molecule has 2 aromatic rings. The van der Waals surface area contributed by atoms with Gasteiger partial charge in [-0.3, -0.25) is 4.79 Å². The van der Waals surface area contributed by atoms with Crippen molar-refractivity contribution in [3.05, 3.63) is 70.8 Å². The van der Waals surface area contributed by atoms with Crippen LogP contribution in [0.25, 0.3) is 0 Å². The summed E-state index contributed by atoms with van der Waals surface area (Å²) >= 11 is 0. The Morgan fingerprint density at radius 3 is 2.69 bits per heavy atom. The van der Waals surface area contributed by atoms with E-state index in [1.807, 2.05) is 4.90 Å². The molecule has 0 N–H and O–H groups in total. The van der Waals surface area contributed by atoms with Gasteiger partial charge in [-0.15, -0.1) is 0 Å². The molecule has 1 amide bonds. The van der Waals surface area contributed by atoms with Gasteiger partial charge in [0.1, 0.15) is 0 Å². The number of aryl methyl sites for hydroxylation is 2. The van der Waals surface area contributed by atoms with Gasteiger partial charge in [-0.1, -0.05) is 54.1 Å². The Balaban J connectivity index is 1.62. The van der Waals surface area contributed by atoms with Crippen LogP contribution in [0.5, 0.6) is 0 Å². The zero-order chi connectivity index (χ0) is 17.9. The number of nitrogens with zero attached hydrogens (tertiary/aromatic N) is 1. The Kier molecular flexibility index (Phi) is 5.05. The lowest BCUT2D eigenvalue weighted by molar-refractivity contribution is -0.161. The van der Waals surface area contributed by atoms with E-state index in [1.165, 1.54) is 16.7 Å². The number of carbonyl (C=O) groups is 1. The van der Waals surface area contributed by atoms with Crippen LogP contribution in [-0.2, 0) is 27.2 Å². The molecule has 1 fully saturated rings. The van der Waals surface area contributed by atoms with Gasteiger partial charge in [0.15, 0.2) is 6.10 Å². The molecular formula is C22H25NO3. The largest absolute Gasteiger partial charge is 0.376 e. The van der Waals surface area contributed by atoms with Gasteiger partial charge in [-0.05, 0) is 36.5 Å². The molecule has 1 heterocycles. The van der Waals surface area contributed by atoms with E-state index >= 15 is 0 Å². The van der Waals surface area contributed by atoms with Gasteiger partial charge >= 0.3 is 0 Å². The van der Waals surface area contributed by atoms with Crippen molar-refractivity contribution in [2.24, 2.45) is 0 Å². The second-order valence-electron chi connectivity index (χ2n) is 7.14. The predicted molar refractivity (Wildman–Crippen MR) is 99.8 cm³/mol. The molecule has 1 aliphatic carbocycles. The summed E-state index contributed by atoms with van der Waals surface area (Å²) in [6.45, 7) is 4.06. The van der Waals surface area contributed by atoms with Crippen molar-refractivity contribution < 1.29 is 14.3 Å². The monoisotopic (exact) mass is 351 g/mol. The quantitative estimate of drug-likeness (QED) is 0.847. The average molecular weight is 351 g/mol. The SMILES string of the molecule is Cc1ccc(CN(C(=O)[C@H]2COCCO2)[C@H]2CCc3ccccc32)cc1.